The van der Waals surface area contributed by atoms with Gasteiger partial charge in [-0.25, -0.2) is 9.59 Å². The highest BCUT2D eigenvalue weighted by Crippen LogP contribution is 2.22. The molecule has 148 valence electrons. The first kappa shape index (κ1) is 19.3. The molecule has 3 N–H and O–H groups in total. The third-order valence-corrected chi connectivity index (χ3v) is 6.36. The molecule has 0 unspecified atom stereocenters. The fourth-order valence-corrected chi connectivity index (χ4v) is 4.63. The highest BCUT2D eigenvalue weighted by molar-refractivity contribution is 5.74. The topological polar surface area (TPSA) is 73.5 Å². The van der Waals surface area contributed by atoms with Gasteiger partial charge in [0.1, 0.15) is 0 Å². The molecule has 0 spiro atoms. The van der Waals surface area contributed by atoms with Gasteiger partial charge in [0, 0.05) is 31.7 Å². The molecule has 6 nitrogen and oxygen atoms in total. The third-order valence-electron chi connectivity index (χ3n) is 6.36. The third kappa shape index (κ3) is 6.06. The smallest absolute Gasteiger partial charge is 0.317 e. The highest BCUT2D eigenvalue weighted by atomic mass is 16.2. The van der Waals surface area contributed by atoms with Gasteiger partial charge in [-0.1, -0.05) is 32.1 Å². The number of hydrogen-bond acceptors (Lipinski definition) is 2. The summed E-state index contributed by atoms with van der Waals surface area (Å²) in [5.74, 6) is 0.612. The Labute approximate surface area is 157 Å². The van der Waals surface area contributed by atoms with E-state index in [-0.39, 0.29) is 12.1 Å². The molecule has 1 heterocycles. The van der Waals surface area contributed by atoms with Crippen molar-refractivity contribution in [1.82, 2.24) is 20.9 Å². The number of likely N-dealkylation sites (tertiary alicyclic amines) is 1. The number of hydrogen-bond donors (Lipinski definition) is 3. The number of urea groups is 2. The first-order valence-corrected chi connectivity index (χ1v) is 10.8. The Bertz CT molecular complexity index is 451. The molecule has 3 aliphatic rings. The van der Waals surface area contributed by atoms with E-state index in [1.807, 2.05) is 4.90 Å². The van der Waals surface area contributed by atoms with E-state index < -0.39 is 0 Å². The first-order valence-electron chi connectivity index (χ1n) is 10.8. The fraction of sp³-hybridized carbons (Fsp3) is 0.900. The van der Waals surface area contributed by atoms with Crippen molar-refractivity contribution in [2.75, 3.05) is 19.6 Å². The lowest BCUT2D eigenvalue weighted by molar-refractivity contribution is 0.162. The molecular formula is C20H36N4O2. The van der Waals surface area contributed by atoms with Crippen LogP contribution in [0.5, 0.6) is 0 Å². The molecule has 26 heavy (non-hydrogen) atoms. The summed E-state index contributed by atoms with van der Waals surface area (Å²) in [5.41, 5.74) is 0. The second kappa shape index (κ2) is 10.0. The van der Waals surface area contributed by atoms with Gasteiger partial charge in [-0.05, 0) is 50.9 Å². The lowest BCUT2D eigenvalue weighted by Crippen LogP contribution is -2.48. The second-order valence-corrected chi connectivity index (χ2v) is 8.39. The van der Waals surface area contributed by atoms with E-state index in [0.717, 1.165) is 64.6 Å². The minimum Gasteiger partial charge on any atom is -0.338 e. The van der Waals surface area contributed by atoms with Crippen LogP contribution in [-0.4, -0.2) is 48.7 Å². The van der Waals surface area contributed by atoms with E-state index in [2.05, 4.69) is 16.0 Å². The predicted molar refractivity (Wildman–Crippen MR) is 103 cm³/mol. The molecular weight excluding hydrogens is 328 g/mol. The molecule has 0 bridgehead atoms. The Morgan fingerprint density at radius 2 is 1.35 bits per heavy atom. The Balaban J connectivity index is 1.26. The summed E-state index contributed by atoms with van der Waals surface area (Å²) >= 11 is 0. The summed E-state index contributed by atoms with van der Waals surface area (Å²) in [6.07, 6.45) is 13.9. The van der Waals surface area contributed by atoms with Gasteiger partial charge in [0.05, 0.1) is 0 Å². The zero-order chi connectivity index (χ0) is 18.2. The van der Waals surface area contributed by atoms with Crippen LogP contribution < -0.4 is 16.0 Å². The zero-order valence-electron chi connectivity index (χ0n) is 16.1. The molecule has 2 aliphatic carbocycles. The van der Waals surface area contributed by atoms with Gasteiger partial charge in [-0.15, -0.1) is 0 Å². The first-order chi connectivity index (χ1) is 12.7. The summed E-state index contributed by atoms with van der Waals surface area (Å²) in [5, 5.41) is 9.29. The largest absolute Gasteiger partial charge is 0.338 e. The van der Waals surface area contributed by atoms with Gasteiger partial charge in [0.25, 0.3) is 0 Å². The molecule has 0 aromatic carbocycles. The minimum absolute atomic E-state index is 0.0128. The molecule has 1 saturated heterocycles. The predicted octanol–water partition coefficient (Wildman–Crippen LogP) is 3.37. The van der Waals surface area contributed by atoms with Crippen LogP contribution >= 0.6 is 0 Å². The van der Waals surface area contributed by atoms with Crippen molar-refractivity contribution in [3.8, 4) is 0 Å². The SMILES string of the molecule is O=C(NCCC1CCN(C(=O)NC2CCCCC2)CC1)NC1CCCC1. The van der Waals surface area contributed by atoms with Crippen molar-refractivity contribution in [3.05, 3.63) is 0 Å². The van der Waals surface area contributed by atoms with Crippen LogP contribution in [0.25, 0.3) is 0 Å². The molecule has 3 rings (SSSR count). The van der Waals surface area contributed by atoms with Crippen molar-refractivity contribution >= 4 is 12.1 Å². The van der Waals surface area contributed by atoms with Crippen molar-refractivity contribution in [2.45, 2.75) is 89.1 Å². The molecule has 0 aromatic heterocycles. The summed E-state index contributed by atoms with van der Waals surface area (Å²) < 4.78 is 0. The Morgan fingerprint density at radius 1 is 0.769 bits per heavy atom. The molecule has 2 saturated carbocycles. The van der Waals surface area contributed by atoms with Gasteiger partial charge >= 0.3 is 12.1 Å². The molecule has 0 radical (unpaired) electrons. The van der Waals surface area contributed by atoms with Crippen molar-refractivity contribution in [3.63, 3.8) is 0 Å². The molecule has 1 aliphatic heterocycles. The van der Waals surface area contributed by atoms with E-state index in [9.17, 15) is 9.59 Å². The van der Waals surface area contributed by atoms with Gasteiger partial charge in [-0.3, -0.25) is 0 Å². The number of carbonyl (C=O) groups excluding carboxylic acids is 2. The minimum atomic E-state index is -0.0128. The molecule has 3 fully saturated rings. The summed E-state index contributed by atoms with van der Waals surface area (Å²) in [4.78, 5) is 26.3. The summed E-state index contributed by atoms with van der Waals surface area (Å²) in [6, 6.07) is 0.878. The van der Waals surface area contributed by atoms with Crippen LogP contribution in [0.1, 0.15) is 77.0 Å². The number of piperidine rings is 1. The van der Waals surface area contributed by atoms with Gasteiger partial charge < -0.3 is 20.9 Å². The van der Waals surface area contributed by atoms with E-state index in [1.54, 1.807) is 0 Å². The fourth-order valence-electron chi connectivity index (χ4n) is 4.63. The number of amides is 4. The van der Waals surface area contributed by atoms with E-state index in [0.29, 0.717) is 18.0 Å². The van der Waals surface area contributed by atoms with Crippen LogP contribution in [0.4, 0.5) is 9.59 Å². The lowest BCUT2D eigenvalue weighted by Gasteiger charge is -2.34. The maximum atomic E-state index is 12.4. The Morgan fingerprint density at radius 3 is 2.00 bits per heavy atom. The molecule has 0 atom stereocenters. The average molecular weight is 365 g/mol. The van der Waals surface area contributed by atoms with Crippen LogP contribution in [0.2, 0.25) is 0 Å². The van der Waals surface area contributed by atoms with Crippen molar-refractivity contribution in [1.29, 1.82) is 0 Å². The number of rotatable bonds is 5. The molecule has 4 amide bonds. The maximum absolute atomic E-state index is 12.4. The number of nitrogens with zero attached hydrogens (tertiary/aromatic N) is 1. The van der Waals surface area contributed by atoms with Crippen LogP contribution in [-0.2, 0) is 0 Å². The zero-order valence-corrected chi connectivity index (χ0v) is 16.1. The van der Waals surface area contributed by atoms with Gasteiger partial charge in [-0.2, -0.15) is 0 Å². The van der Waals surface area contributed by atoms with E-state index in [4.69, 9.17) is 0 Å². The van der Waals surface area contributed by atoms with Gasteiger partial charge in [0.15, 0.2) is 0 Å². The molecule has 0 aromatic rings. The monoisotopic (exact) mass is 364 g/mol. The van der Waals surface area contributed by atoms with Crippen LogP contribution in [0, 0.1) is 5.92 Å². The Kier molecular flexibility index (Phi) is 7.44. The van der Waals surface area contributed by atoms with Crippen molar-refractivity contribution < 1.29 is 9.59 Å². The van der Waals surface area contributed by atoms with E-state index in [1.165, 1.54) is 32.1 Å². The average Bonchev–Trinajstić information content (AvgIpc) is 3.16. The molecule has 6 heteroatoms. The normalized spacial score (nSPS) is 23.0. The summed E-state index contributed by atoms with van der Waals surface area (Å²) in [6.45, 7) is 2.42. The Hall–Kier alpha value is -1.46. The summed E-state index contributed by atoms with van der Waals surface area (Å²) in [7, 11) is 0. The lowest BCUT2D eigenvalue weighted by atomic mass is 9.93. The van der Waals surface area contributed by atoms with Gasteiger partial charge in [0.2, 0.25) is 0 Å². The van der Waals surface area contributed by atoms with E-state index >= 15 is 0 Å². The van der Waals surface area contributed by atoms with Crippen LogP contribution in [0.15, 0.2) is 0 Å². The number of nitrogens with one attached hydrogen (secondary N) is 3. The standard InChI is InChI=1S/C20H36N4O2/c25-19(22-17-8-4-5-9-17)21-13-10-16-11-14-24(15-12-16)20(26)23-18-6-2-1-3-7-18/h16-18H,1-15H2,(H,23,26)(H2,21,22,25). The second-order valence-electron chi connectivity index (χ2n) is 8.39. The highest BCUT2D eigenvalue weighted by Gasteiger charge is 2.25. The number of carbonyl (C=O) groups is 2. The quantitative estimate of drug-likeness (QED) is 0.700. The maximum Gasteiger partial charge on any atom is 0.317 e. The van der Waals surface area contributed by atoms with Crippen LogP contribution in [0.3, 0.4) is 0 Å². The van der Waals surface area contributed by atoms with Crippen molar-refractivity contribution in [2.24, 2.45) is 5.92 Å².